The second-order valence-electron chi connectivity index (χ2n) is 4.21. The molecule has 2 rings (SSSR count). The third kappa shape index (κ3) is 3.78. The molecule has 0 aliphatic carbocycles. The van der Waals surface area contributed by atoms with E-state index in [-0.39, 0.29) is 27.8 Å². The third-order valence-electron chi connectivity index (χ3n) is 2.67. The Bertz CT molecular complexity index is 786. The molecule has 0 aliphatic rings. The second kappa shape index (κ2) is 6.81. The van der Waals surface area contributed by atoms with Crippen molar-refractivity contribution in [1.29, 1.82) is 0 Å². The van der Waals surface area contributed by atoms with Gasteiger partial charge in [0.25, 0.3) is 0 Å². The fourth-order valence-electron chi connectivity index (χ4n) is 1.71. The molecule has 7 heteroatoms. The predicted molar refractivity (Wildman–Crippen MR) is 81.7 cm³/mol. The summed E-state index contributed by atoms with van der Waals surface area (Å²) in [5.74, 6) is -0.750. The molecule has 2 aromatic carbocycles. The molecule has 0 heterocycles. The Balaban J connectivity index is 2.36. The summed E-state index contributed by atoms with van der Waals surface area (Å²) in [5, 5.41) is 0.267. The van der Waals surface area contributed by atoms with Crippen molar-refractivity contribution in [3.05, 3.63) is 59.1 Å². The lowest BCUT2D eigenvalue weighted by molar-refractivity contribution is 0.0524. The van der Waals surface area contributed by atoms with Crippen LogP contribution >= 0.6 is 11.6 Å². The number of hydrogen-bond acceptors (Lipinski definition) is 5. The summed E-state index contributed by atoms with van der Waals surface area (Å²) in [5.41, 5.74) is 0.0370. The van der Waals surface area contributed by atoms with Crippen LogP contribution < -0.4 is 4.18 Å². The van der Waals surface area contributed by atoms with Crippen LogP contribution in [0.5, 0.6) is 5.75 Å². The van der Waals surface area contributed by atoms with Crippen molar-refractivity contribution in [3.8, 4) is 5.75 Å². The quantitative estimate of drug-likeness (QED) is 0.617. The molecule has 0 saturated carbocycles. The first-order valence-corrected chi connectivity index (χ1v) is 8.19. The topological polar surface area (TPSA) is 69.7 Å². The fraction of sp³-hybridized carbons (Fsp3) is 0.133. The minimum Gasteiger partial charge on any atom is -0.462 e. The van der Waals surface area contributed by atoms with Crippen LogP contribution in [0.2, 0.25) is 5.02 Å². The number of benzene rings is 2. The average Bonchev–Trinajstić information content (AvgIpc) is 2.47. The van der Waals surface area contributed by atoms with E-state index in [0.717, 1.165) is 0 Å². The summed E-state index contributed by atoms with van der Waals surface area (Å²) < 4.78 is 34.4. The van der Waals surface area contributed by atoms with Gasteiger partial charge in [0, 0.05) is 5.02 Å². The van der Waals surface area contributed by atoms with Gasteiger partial charge in [-0.15, -0.1) is 0 Å². The number of hydrogen-bond donors (Lipinski definition) is 0. The molecule has 116 valence electrons. The molecule has 0 aliphatic heterocycles. The van der Waals surface area contributed by atoms with Gasteiger partial charge in [-0.1, -0.05) is 29.8 Å². The lowest BCUT2D eigenvalue weighted by atomic mass is 10.2. The van der Waals surface area contributed by atoms with Crippen molar-refractivity contribution >= 4 is 27.7 Å². The van der Waals surface area contributed by atoms with Crippen LogP contribution in [0.4, 0.5) is 0 Å². The molecule has 0 spiro atoms. The molecule has 22 heavy (non-hydrogen) atoms. The smallest absolute Gasteiger partial charge is 0.341 e. The first kappa shape index (κ1) is 16.3. The monoisotopic (exact) mass is 340 g/mol. The Morgan fingerprint density at radius 2 is 1.86 bits per heavy atom. The number of carbonyl (C=O) groups is 1. The van der Waals surface area contributed by atoms with Crippen LogP contribution in [-0.4, -0.2) is 21.0 Å². The maximum atomic E-state index is 12.3. The Kier molecular flexibility index (Phi) is 5.05. The molecular formula is C15H13ClO5S. The van der Waals surface area contributed by atoms with E-state index < -0.39 is 16.1 Å². The van der Waals surface area contributed by atoms with Gasteiger partial charge in [-0.2, -0.15) is 8.42 Å². The zero-order valence-corrected chi connectivity index (χ0v) is 13.2. The lowest BCUT2D eigenvalue weighted by Gasteiger charge is -2.10. The van der Waals surface area contributed by atoms with Gasteiger partial charge in [-0.05, 0) is 37.3 Å². The normalized spacial score (nSPS) is 11.0. The summed E-state index contributed by atoms with van der Waals surface area (Å²) in [6.45, 7) is 1.83. The van der Waals surface area contributed by atoms with Gasteiger partial charge >= 0.3 is 16.1 Å². The molecule has 5 nitrogen and oxygen atoms in total. The van der Waals surface area contributed by atoms with E-state index in [1.807, 2.05) is 0 Å². The SMILES string of the molecule is CCOC(=O)c1ccccc1OS(=O)(=O)c1cccc(Cl)c1. The van der Waals surface area contributed by atoms with Gasteiger partial charge in [-0.3, -0.25) is 0 Å². The summed E-state index contributed by atoms with van der Waals surface area (Å²) >= 11 is 5.78. The van der Waals surface area contributed by atoms with Gasteiger partial charge < -0.3 is 8.92 Å². The highest BCUT2D eigenvalue weighted by atomic mass is 35.5. The van der Waals surface area contributed by atoms with Gasteiger partial charge in [0.2, 0.25) is 0 Å². The molecule has 0 atom stereocenters. The molecule has 0 fully saturated rings. The largest absolute Gasteiger partial charge is 0.462 e. The van der Waals surface area contributed by atoms with Crippen molar-refractivity contribution in [2.75, 3.05) is 6.61 Å². The Labute approximate surface area is 133 Å². The number of carbonyl (C=O) groups excluding carboxylic acids is 1. The van der Waals surface area contributed by atoms with Crippen LogP contribution in [0.25, 0.3) is 0 Å². The Morgan fingerprint density at radius 1 is 1.14 bits per heavy atom. The molecule has 0 amide bonds. The molecule has 2 aromatic rings. The molecule has 0 saturated heterocycles. The van der Waals surface area contributed by atoms with Crippen molar-refractivity contribution in [2.24, 2.45) is 0 Å². The molecule has 0 unspecified atom stereocenters. The van der Waals surface area contributed by atoms with E-state index in [0.29, 0.717) is 0 Å². The van der Waals surface area contributed by atoms with Gasteiger partial charge in [0.1, 0.15) is 10.5 Å². The first-order valence-electron chi connectivity index (χ1n) is 6.40. The third-order valence-corrected chi connectivity index (χ3v) is 4.13. The number of para-hydroxylation sites is 1. The van der Waals surface area contributed by atoms with Crippen molar-refractivity contribution in [3.63, 3.8) is 0 Å². The highest BCUT2D eigenvalue weighted by Crippen LogP contribution is 2.24. The second-order valence-corrected chi connectivity index (χ2v) is 6.19. The summed E-state index contributed by atoms with van der Waals surface area (Å²) in [6, 6.07) is 11.6. The van der Waals surface area contributed by atoms with Crippen molar-refractivity contribution in [2.45, 2.75) is 11.8 Å². The Morgan fingerprint density at radius 3 is 2.55 bits per heavy atom. The number of rotatable bonds is 5. The zero-order chi connectivity index (χ0) is 16.2. The van der Waals surface area contributed by atoms with Gasteiger partial charge in [0.15, 0.2) is 5.75 Å². The van der Waals surface area contributed by atoms with E-state index >= 15 is 0 Å². The minimum absolute atomic E-state index is 0.0370. The Hall–Kier alpha value is -2.05. The number of halogens is 1. The molecule has 0 aromatic heterocycles. The van der Waals surface area contributed by atoms with Crippen LogP contribution in [0.3, 0.4) is 0 Å². The highest BCUT2D eigenvalue weighted by Gasteiger charge is 2.21. The van der Waals surface area contributed by atoms with Gasteiger partial charge in [-0.25, -0.2) is 4.79 Å². The van der Waals surface area contributed by atoms with Crippen molar-refractivity contribution in [1.82, 2.24) is 0 Å². The highest BCUT2D eigenvalue weighted by molar-refractivity contribution is 7.87. The van der Waals surface area contributed by atoms with Gasteiger partial charge in [0.05, 0.1) is 6.61 Å². The predicted octanol–water partition coefficient (Wildman–Crippen LogP) is 3.28. The van der Waals surface area contributed by atoms with Crippen LogP contribution in [0.1, 0.15) is 17.3 Å². The summed E-state index contributed by atoms with van der Waals surface area (Å²) in [4.78, 5) is 11.7. The summed E-state index contributed by atoms with van der Waals surface area (Å²) in [7, 11) is -4.10. The van der Waals surface area contributed by atoms with E-state index in [1.165, 1.54) is 30.3 Å². The van der Waals surface area contributed by atoms with E-state index in [2.05, 4.69) is 0 Å². The molecule has 0 bridgehead atoms. The first-order chi connectivity index (χ1) is 10.4. The van der Waals surface area contributed by atoms with E-state index in [9.17, 15) is 13.2 Å². The zero-order valence-electron chi connectivity index (χ0n) is 11.7. The van der Waals surface area contributed by atoms with Crippen molar-refractivity contribution < 1.29 is 22.1 Å². The number of ether oxygens (including phenoxy) is 1. The number of esters is 1. The molecular weight excluding hydrogens is 328 g/mol. The summed E-state index contributed by atoms with van der Waals surface area (Å²) in [6.07, 6.45) is 0. The fourth-order valence-corrected chi connectivity index (χ4v) is 2.96. The lowest BCUT2D eigenvalue weighted by Crippen LogP contribution is -2.13. The van der Waals surface area contributed by atoms with E-state index in [4.69, 9.17) is 20.5 Å². The standard InChI is InChI=1S/C15H13ClO5S/c1-2-20-15(17)13-8-3-4-9-14(13)21-22(18,19)12-7-5-6-11(16)10-12/h3-10H,2H2,1H3. The molecule has 0 N–H and O–H groups in total. The van der Waals surface area contributed by atoms with Crippen LogP contribution in [0, 0.1) is 0 Å². The van der Waals surface area contributed by atoms with E-state index in [1.54, 1.807) is 25.1 Å². The maximum absolute atomic E-state index is 12.3. The van der Waals surface area contributed by atoms with Crippen LogP contribution in [-0.2, 0) is 14.9 Å². The minimum atomic E-state index is -4.10. The average molecular weight is 341 g/mol. The molecule has 0 radical (unpaired) electrons. The maximum Gasteiger partial charge on any atom is 0.341 e. The van der Waals surface area contributed by atoms with Crippen LogP contribution in [0.15, 0.2) is 53.4 Å².